The summed E-state index contributed by atoms with van der Waals surface area (Å²) in [7, 11) is 2.20. The van der Waals surface area contributed by atoms with E-state index < -0.39 is 0 Å². The Bertz CT molecular complexity index is 117. The lowest BCUT2D eigenvalue weighted by Crippen LogP contribution is -2.21. The van der Waals surface area contributed by atoms with Crippen molar-refractivity contribution in [2.24, 2.45) is 0 Å². The first-order chi connectivity index (χ1) is 7.31. The van der Waals surface area contributed by atoms with Gasteiger partial charge in [0.05, 0.1) is 0 Å². The molecule has 0 rings (SSSR count). The molecule has 15 heavy (non-hydrogen) atoms. The van der Waals surface area contributed by atoms with E-state index >= 15 is 0 Å². The van der Waals surface area contributed by atoms with Crippen molar-refractivity contribution in [1.82, 2.24) is 4.90 Å². The highest BCUT2D eigenvalue weighted by Gasteiger charge is 1.96. The first-order valence-electron chi connectivity index (χ1n) is 6.57. The molecule has 0 saturated heterocycles. The summed E-state index contributed by atoms with van der Waals surface area (Å²) in [6.07, 6.45) is 7.58. The highest BCUT2D eigenvalue weighted by Crippen LogP contribution is 1.96. The van der Waals surface area contributed by atoms with E-state index in [-0.39, 0.29) is 0 Å². The summed E-state index contributed by atoms with van der Waals surface area (Å²) < 4.78 is 5.56. The van der Waals surface area contributed by atoms with Crippen molar-refractivity contribution in [2.45, 2.75) is 52.4 Å². The molecule has 0 aliphatic rings. The van der Waals surface area contributed by atoms with E-state index in [4.69, 9.17) is 4.74 Å². The second-order valence-corrected chi connectivity index (χ2v) is 4.33. The van der Waals surface area contributed by atoms with E-state index in [1.54, 1.807) is 0 Å². The molecule has 92 valence electrons. The van der Waals surface area contributed by atoms with Gasteiger partial charge in [-0.05, 0) is 32.9 Å². The van der Waals surface area contributed by atoms with Crippen LogP contribution >= 0.6 is 0 Å². The van der Waals surface area contributed by atoms with Crippen LogP contribution in [0.2, 0.25) is 0 Å². The second-order valence-electron chi connectivity index (χ2n) is 4.33. The van der Waals surface area contributed by atoms with Gasteiger partial charge in [0.15, 0.2) is 0 Å². The van der Waals surface area contributed by atoms with E-state index in [1.807, 2.05) is 0 Å². The summed E-state index contributed by atoms with van der Waals surface area (Å²) in [6.45, 7) is 8.75. The average Bonchev–Trinajstić information content (AvgIpc) is 2.25. The molecule has 2 nitrogen and oxygen atoms in total. The van der Waals surface area contributed by atoms with E-state index in [2.05, 4.69) is 25.8 Å². The zero-order chi connectivity index (χ0) is 11.4. The van der Waals surface area contributed by atoms with E-state index in [0.29, 0.717) is 0 Å². The molecule has 0 saturated carbocycles. The Hall–Kier alpha value is -0.0800. The van der Waals surface area contributed by atoms with Gasteiger partial charge in [0, 0.05) is 19.8 Å². The van der Waals surface area contributed by atoms with E-state index in [0.717, 1.165) is 13.2 Å². The minimum absolute atomic E-state index is 0.931. The van der Waals surface area contributed by atoms with Crippen LogP contribution in [0.5, 0.6) is 0 Å². The Kier molecular flexibility index (Phi) is 11.9. The minimum Gasteiger partial charge on any atom is -0.381 e. The first kappa shape index (κ1) is 14.9. The molecule has 0 aromatic heterocycles. The Morgan fingerprint density at radius 3 is 2.07 bits per heavy atom. The second kappa shape index (κ2) is 12.0. The molecule has 0 aromatic rings. The summed E-state index contributed by atoms with van der Waals surface area (Å²) in [5, 5.41) is 0. The van der Waals surface area contributed by atoms with Gasteiger partial charge in [-0.15, -0.1) is 0 Å². The predicted molar refractivity (Wildman–Crippen MR) is 67.4 cm³/mol. The van der Waals surface area contributed by atoms with Crippen molar-refractivity contribution < 1.29 is 4.74 Å². The summed E-state index contributed by atoms with van der Waals surface area (Å²) in [6, 6.07) is 0. The zero-order valence-corrected chi connectivity index (χ0v) is 10.9. The highest BCUT2D eigenvalue weighted by atomic mass is 16.5. The Morgan fingerprint density at radius 2 is 1.40 bits per heavy atom. The summed E-state index contributed by atoms with van der Waals surface area (Å²) in [5.74, 6) is 0. The van der Waals surface area contributed by atoms with Gasteiger partial charge in [-0.1, -0.05) is 33.1 Å². The number of hydrogen-bond donors (Lipinski definition) is 0. The number of unbranched alkanes of at least 4 members (excludes halogenated alkanes) is 3. The van der Waals surface area contributed by atoms with Crippen LogP contribution < -0.4 is 0 Å². The molecule has 0 aliphatic heterocycles. The van der Waals surface area contributed by atoms with Crippen LogP contribution in [0.25, 0.3) is 0 Å². The predicted octanol–water partition coefficient (Wildman–Crippen LogP) is 3.32. The molecule has 0 heterocycles. The van der Waals surface area contributed by atoms with Gasteiger partial charge < -0.3 is 9.64 Å². The van der Waals surface area contributed by atoms with E-state index in [9.17, 15) is 0 Å². The van der Waals surface area contributed by atoms with Crippen molar-refractivity contribution in [2.75, 3.05) is 33.4 Å². The third kappa shape index (κ3) is 11.8. The van der Waals surface area contributed by atoms with Crippen molar-refractivity contribution >= 4 is 0 Å². The largest absolute Gasteiger partial charge is 0.381 e. The number of rotatable bonds is 11. The fourth-order valence-corrected chi connectivity index (χ4v) is 1.53. The molecule has 0 amide bonds. The summed E-state index contributed by atoms with van der Waals surface area (Å²) >= 11 is 0. The summed E-state index contributed by atoms with van der Waals surface area (Å²) in [4.78, 5) is 2.40. The minimum atomic E-state index is 0.931. The Labute approximate surface area is 96.0 Å². The molecule has 0 aliphatic carbocycles. The van der Waals surface area contributed by atoms with Gasteiger partial charge >= 0.3 is 0 Å². The van der Waals surface area contributed by atoms with Gasteiger partial charge in [-0.3, -0.25) is 0 Å². The van der Waals surface area contributed by atoms with Gasteiger partial charge in [-0.2, -0.15) is 0 Å². The van der Waals surface area contributed by atoms with Gasteiger partial charge in [0.1, 0.15) is 0 Å². The molecule has 0 N–H and O–H groups in total. The standard InChI is InChI=1S/C13H29NO/c1-4-6-8-12-15-13-9-11-14(3)10-7-5-2/h4-13H2,1-3H3. The number of hydrogen-bond acceptors (Lipinski definition) is 2. The normalized spacial score (nSPS) is 11.2. The molecule has 0 unspecified atom stereocenters. The van der Waals surface area contributed by atoms with Crippen LogP contribution in [0.3, 0.4) is 0 Å². The van der Waals surface area contributed by atoms with Crippen molar-refractivity contribution in [3.05, 3.63) is 0 Å². The van der Waals surface area contributed by atoms with Gasteiger partial charge in [0.25, 0.3) is 0 Å². The molecule has 0 radical (unpaired) electrons. The van der Waals surface area contributed by atoms with Crippen LogP contribution in [0.1, 0.15) is 52.4 Å². The van der Waals surface area contributed by atoms with Crippen molar-refractivity contribution in [1.29, 1.82) is 0 Å². The van der Waals surface area contributed by atoms with E-state index in [1.165, 1.54) is 51.6 Å². The van der Waals surface area contributed by atoms with Crippen LogP contribution in [0.15, 0.2) is 0 Å². The molecule has 0 spiro atoms. The maximum Gasteiger partial charge on any atom is 0.0478 e. The monoisotopic (exact) mass is 215 g/mol. The van der Waals surface area contributed by atoms with Crippen LogP contribution in [-0.4, -0.2) is 38.3 Å². The zero-order valence-electron chi connectivity index (χ0n) is 10.9. The van der Waals surface area contributed by atoms with Gasteiger partial charge in [0.2, 0.25) is 0 Å². The third-order valence-electron chi connectivity index (χ3n) is 2.61. The average molecular weight is 215 g/mol. The molecule has 2 heteroatoms. The Balaban J connectivity index is 3.02. The fourth-order valence-electron chi connectivity index (χ4n) is 1.53. The lowest BCUT2D eigenvalue weighted by Gasteiger charge is -2.15. The van der Waals surface area contributed by atoms with Crippen LogP contribution in [0.4, 0.5) is 0 Å². The molecule has 0 fully saturated rings. The molecular weight excluding hydrogens is 186 g/mol. The van der Waals surface area contributed by atoms with Gasteiger partial charge in [-0.25, -0.2) is 0 Å². The molecule has 0 bridgehead atoms. The lowest BCUT2D eigenvalue weighted by molar-refractivity contribution is 0.120. The fraction of sp³-hybridized carbons (Fsp3) is 1.00. The topological polar surface area (TPSA) is 12.5 Å². The van der Waals surface area contributed by atoms with Crippen molar-refractivity contribution in [3.63, 3.8) is 0 Å². The third-order valence-corrected chi connectivity index (χ3v) is 2.61. The quantitative estimate of drug-likeness (QED) is 0.490. The van der Waals surface area contributed by atoms with Crippen LogP contribution in [0, 0.1) is 0 Å². The maximum atomic E-state index is 5.56. The molecule has 0 atom stereocenters. The number of ether oxygens (including phenoxy) is 1. The summed E-state index contributed by atoms with van der Waals surface area (Å²) in [5.41, 5.74) is 0. The first-order valence-corrected chi connectivity index (χ1v) is 6.57. The SMILES string of the molecule is CCCCCOCCCN(C)CCCC. The van der Waals surface area contributed by atoms with Crippen molar-refractivity contribution in [3.8, 4) is 0 Å². The molecule has 0 aromatic carbocycles. The maximum absolute atomic E-state index is 5.56. The highest BCUT2D eigenvalue weighted by molar-refractivity contribution is 4.50. The number of nitrogens with zero attached hydrogens (tertiary/aromatic N) is 1. The molecular formula is C13H29NO. The van der Waals surface area contributed by atoms with Crippen LogP contribution in [-0.2, 0) is 4.74 Å². The Morgan fingerprint density at radius 1 is 0.800 bits per heavy atom. The smallest absolute Gasteiger partial charge is 0.0478 e. The lowest BCUT2D eigenvalue weighted by atomic mass is 10.3.